The van der Waals surface area contributed by atoms with Crippen molar-refractivity contribution < 1.29 is 13.2 Å². The van der Waals surface area contributed by atoms with Crippen LogP contribution in [-0.4, -0.2) is 11.5 Å². The summed E-state index contributed by atoms with van der Waals surface area (Å²) < 4.78 is 32.8. The van der Waals surface area contributed by atoms with E-state index in [1.54, 1.807) is 0 Å². The highest BCUT2D eigenvalue weighted by Crippen LogP contribution is 2.27. The molecule has 0 saturated carbocycles. The number of aromatic nitrogens is 1. The fourth-order valence-electron chi connectivity index (χ4n) is 1.71. The molecule has 0 fully saturated rings. The summed E-state index contributed by atoms with van der Waals surface area (Å²) in [5, 5.41) is 2.96. The molecule has 1 aromatic heterocycles. The van der Waals surface area contributed by atoms with Crippen molar-refractivity contribution in [3.8, 4) is 0 Å². The van der Waals surface area contributed by atoms with Crippen LogP contribution in [0, 0.1) is 11.6 Å². The highest BCUT2D eigenvalue weighted by atomic mass is 19.2. The van der Waals surface area contributed by atoms with Gasteiger partial charge in [0.2, 0.25) is 5.82 Å². The fraction of sp³-hybridized carbons (Fsp3) is 0.462. The lowest BCUT2D eigenvalue weighted by atomic mass is 10.2. The Morgan fingerprint density at radius 1 is 1.33 bits per heavy atom. The van der Waals surface area contributed by atoms with Gasteiger partial charge in [0.05, 0.1) is 0 Å². The van der Waals surface area contributed by atoms with Crippen molar-refractivity contribution in [2.75, 3.05) is 6.54 Å². The fourth-order valence-corrected chi connectivity index (χ4v) is 1.71. The largest absolute Gasteiger partial charge is 0.437 e. The first kappa shape index (κ1) is 13.0. The summed E-state index contributed by atoms with van der Waals surface area (Å²) in [4.78, 5) is 4.18. The van der Waals surface area contributed by atoms with Gasteiger partial charge in [0.15, 0.2) is 17.3 Å². The summed E-state index contributed by atoms with van der Waals surface area (Å²) >= 11 is 0. The highest BCUT2D eigenvalue weighted by molar-refractivity contribution is 5.74. The lowest BCUT2D eigenvalue weighted by molar-refractivity contribution is 0.457. The number of oxazole rings is 1. The zero-order valence-corrected chi connectivity index (χ0v) is 10.7. The third-order valence-corrected chi connectivity index (χ3v) is 2.71. The van der Waals surface area contributed by atoms with E-state index in [1.807, 2.05) is 20.8 Å². The van der Waals surface area contributed by atoms with Gasteiger partial charge in [-0.25, -0.2) is 9.37 Å². The van der Waals surface area contributed by atoms with E-state index in [4.69, 9.17) is 4.42 Å². The number of hydrogen-bond acceptors (Lipinski definition) is 3. The zero-order chi connectivity index (χ0) is 13.3. The van der Waals surface area contributed by atoms with Crippen molar-refractivity contribution in [3.63, 3.8) is 0 Å². The lowest BCUT2D eigenvalue weighted by Gasteiger charge is -2.04. The van der Waals surface area contributed by atoms with Crippen LogP contribution < -0.4 is 5.32 Å². The molecule has 3 nitrogen and oxygen atoms in total. The predicted molar refractivity (Wildman–Crippen MR) is 65.4 cm³/mol. The molecule has 2 rings (SSSR count). The third kappa shape index (κ3) is 2.22. The molecule has 0 aliphatic rings. The minimum atomic E-state index is -0.959. The molecule has 0 aliphatic carbocycles. The van der Waals surface area contributed by atoms with Gasteiger partial charge < -0.3 is 9.73 Å². The van der Waals surface area contributed by atoms with E-state index in [0.29, 0.717) is 18.0 Å². The van der Waals surface area contributed by atoms with Crippen LogP contribution in [0.4, 0.5) is 8.78 Å². The van der Waals surface area contributed by atoms with Crippen LogP contribution in [0.3, 0.4) is 0 Å². The Morgan fingerprint density at radius 2 is 2.06 bits per heavy atom. The Balaban J connectivity index is 2.53. The van der Waals surface area contributed by atoms with Gasteiger partial charge in [-0.05, 0) is 12.6 Å². The van der Waals surface area contributed by atoms with Gasteiger partial charge in [0.1, 0.15) is 5.52 Å². The Morgan fingerprint density at radius 3 is 2.67 bits per heavy atom. The SMILES string of the molecule is CCNCc1cc2nc(C(C)C)oc2c(F)c1F. The van der Waals surface area contributed by atoms with E-state index in [2.05, 4.69) is 10.3 Å². The number of rotatable bonds is 4. The Kier molecular flexibility index (Phi) is 3.61. The van der Waals surface area contributed by atoms with Crippen LogP contribution in [0.5, 0.6) is 0 Å². The van der Waals surface area contributed by atoms with Crippen molar-refractivity contribution in [3.05, 3.63) is 29.2 Å². The van der Waals surface area contributed by atoms with Gasteiger partial charge >= 0.3 is 0 Å². The molecule has 0 atom stereocenters. The van der Waals surface area contributed by atoms with Gasteiger partial charge in [0.25, 0.3) is 0 Å². The number of nitrogens with zero attached hydrogens (tertiary/aromatic N) is 1. The quantitative estimate of drug-likeness (QED) is 0.909. The molecule has 0 spiro atoms. The minimum absolute atomic E-state index is 0.0390. The molecule has 0 bridgehead atoms. The maximum absolute atomic E-state index is 13.8. The second kappa shape index (κ2) is 5.02. The molecule has 2 aromatic rings. The Labute approximate surface area is 104 Å². The molecule has 1 heterocycles. The number of benzene rings is 1. The molecule has 1 N–H and O–H groups in total. The minimum Gasteiger partial charge on any atom is -0.437 e. The average molecular weight is 254 g/mol. The van der Waals surface area contributed by atoms with Gasteiger partial charge in [-0.2, -0.15) is 4.39 Å². The van der Waals surface area contributed by atoms with Crippen molar-refractivity contribution >= 4 is 11.1 Å². The van der Waals surface area contributed by atoms with Crippen LogP contribution in [0.1, 0.15) is 38.1 Å². The Hall–Kier alpha value is -1.49. The molecule has 0 unspecified atom stereocenters. The van der Waals surface area contributed by atoms with Crippen LogP contribution in [0.25, 0.3) is 11.1 Å². The second-order valence-corrected chi connectivity index (χ2v) is 4.50. The normalized spacial score (nSPS) is 11.7. The van der Waals surface area contributed by atoms with Crippen molar-refractivity contribution in [1.82, 2.24) is 10.3 Å². The summed E-state index contributed by atoms with van der Waals surface area (Å²) in [6.07, 6.45) is 0. The van der Waals surface area contributed by atoms with E-state index in [0.717, 1.165) is 0 Å². The first-order chi connectivity index (χ1) is 8.54. The predicted octanol–water partition coefficient (Wildman–Crippen LogP) is 3.34. The number of nitrogens with one attached hydrogen (secondary N) is 1. The molecule has 0 saturated heterocycles. The molecule has 18 heavy (non-hydrogen) atoms. The molecule has 5 heteroatoms. The monoisotopic (exact) mass is 254 g/mol. The molecule has 0 amide bonds. The standard InChI is InChI=1S/C13H16F2N2O/c1-4-16-6-8-5-9-12(11(15)10(8)14)18-13(17-9)7(2)3/h5,7,16H,4,6H2,1-3H3. The number of hydrogen-bond donors (Lipinski definition) is 1. The van der Waals surface area contributed by atoms with E-state index >= 15 is 0 Å². The maximum atomic E-state index is 13.8. The summed E-state index contributed by atoms with van der Waals surface area (Å²) in [5.41, 5.74) is 0.535. The van der Waals surface area contributed by atoms with Crippen molar-refractivity contribution in [1.29, 1.82) is 0 Å². The van der Waals surface area contributed by atoms with Gasteiger partial charge in [0, 0.05) is 18.0 Å². The molecule has 0 aliphatic heterocycles. The van der Waals surface area contributed by atoms with Crippen LogP contribution in [-0.2, 0) is 6.54 Å². The first-order valence-corrected chi connectivity index (χ1v) is 6.02. The van der Waals surface area contributed by atoms with E-state index in [9.17, 15) is 8.78 Å². The molecule has 98 valence electrons. The van der Waals surface area contributed by atoms with Crippen molar-refractivity contribution in [2.24, 2.45) is 0 Å². The molecule has 0 radical (unpaired) electrons. The highest BCUT2D eigenvalue weighted by Gasteiger charge is 2.19. The van der Waals surface area contributed by atoms with Crippen LogP contribution in [0.2, 0.25) is 0 Å². The van der Waals surface area contributed by atoms with Gasteiger partial charge in [-0.3, -0.25) is 0 Å². The summed E-state index contributed by atoms with van der Waals surface area (Å²) in [7, 11) is 0. The molecular formula is C13H16F2N2O. The molecular weight excluding hydrogens is 238 g/mol. The van der Waals surface area contributed by atoms with Crippen molar-refractivity contribution in [2.45, 2.75) is 33.2 Å². The third-order valence-electron chi connectivity index (χ3n) is 2.71. The Bertz CT molecular complexity index is 564. The second-order valence-electron chi connectivity index (χ2n) is 4.50. The lowest BCUT2D eigenvalue weighted by Crippen LogP contribution is -2.13. The average Bonchev–Trinajstić information content (AvgIpc) is 2.76. The number of fused-ring (bicyclic) bond motifs is 1. The van der Waals surface area contributed by atoms with Crippen LogP contribution >= 0.6 is 0 Å². The van der Waals surface area contributed by atoms with Gasteiger partial charge in [-0.1, -0.05) is 20.8 Å². The van der Waals surface area contributed by atoms with Crippen LogP contribution in [0.15, 0.2) is 10.5 Å². The van der Waals surface area contributed by atoms with E-state index in [1.165, 1.54) is 6.07 Å². The first-order valence-electron chi connectivity index (χ1n) is 6.02. The topological polar surface area (TPSA) is 38.1 Å². The van der Waals surface area contributed by atoms with Gasteiger partial charge in [-0.15, -0.1) is 0 Å². The maximum Gasteiger partial charge on any atom is 0.203 e. The number of halogens is 2. The van der Waals surface area contributed by atoms with E-state index < -0.39 is 11.6 Å². The van der Waals surface area contributed by atoms with E-state index in [-0.39, 0.29) is 23.6 Å². The smallest absolute Gasteiger partial charge is 0.203 e. The summed E-state index contributed by atoms with van der Waals surface area (Å²) in [6, 6.07) is 1.53. The zero-order valence-electron chi connectivity index (χ0n) is 10.7. The summed E-state index contributed by atoms with van der Waals surface area (Å²) in [6.45, 7) is 6.64. The molecule has 1 aromatic carbocycles. The summed E-state index contributed by atoms with van der Waals surface area (Å²) in [5.74, 6) is -1.37.